The Hall–Kier alpha value is -2.10. The number of ether oxygens (including phenoxy) is 4. The molecule has 1 heterocycles. The van der Waals surface area contributed by atoms with E-state index >= 15 is 0 Å². The third kappa shape index (κ3) is 5.18. The van der Waals surface area contributed by atoms with Gasteiger partial charge in [-0.3, -0.25) is 0 Å². The molecule has 0 saturated carbocycles. The number of carbonyl (C=O) groups is 1. The van der Waals surface area contributed by atoms with Crippen LogP contribution >= 0.6 is 0 Å². The van der Waals surface area contributed by atoms with E-state index in [9.17, 15) is 10.1 Å². The Balaban J connectivity index is 1.93. The Bertz CT molecular complexity index is 585. The van der Waals surface area contributed by atoms with Crippen LogP contribution in [0.25, 0.3) is 0 Å². The highest BCUT2D eigenvalue weighted by molar-refractivity contribution is 5.82. The summed E-state index contributed by atoms with van der Waals surface area (Å²) in [6.45, 7) is 4.70. The lowest BCUT2D eigenvalue weighted by Gasteiger charge is -2.33. The summed E-state index contributed by atoms with van der Waals surface area (Å²) < 4.78 is 21.9. The van der Waals surface area contributed by atoms with E-state index in [0.29, 0.717) is 18.1 Å². The van der Waals surface area contributed by atoms with Crippen LogP contribution in [0.2, 0.25) is 0 Å². The minimum absolute atomic E-state index is 0.0194. The van der Waals surface area contributed by atoms with Crippen molar-refractivity contribution in [2.45, 2.75) is 45.8 Å². The van der Waals surface area contributed by atoms with Crippen LogP contribution in [0.3, 0.4) is 0 Å². The SMILES string of the molecule is CCCC[C@H]1OC[C@@](C#N)(C(=O)Oc2ccc(OCCC)cc2)CO1. The molecule has 1 saturated heterocycles. The molecule has 0 amide bonds. The highest BCUT2D eigenvalue weighted by Gasteiger charge is 2.46. The fraction of sp³-hybridized carbons (Fsp3) is 0.579. The molecule has 6 heteroatoms. The smallest absolute Gasteiger partial charge is 0.336 e. The van der Waals surface area contributed by atoms with Crippen LogP contribution in [0.1, 0.15) is 39.5 Å². The van der Waals surface area contributed by atoms with Gasteiger partial charge in [0.05, 0.1) is 25.9 Å². The Morgan fingerprint density at radius 2 is 1.84 bits per heavy atom. The number of hydrogen-bond donors (Lipinski definition) is 0. The van der Waals surface area contributed by atoms with Gasteiger partial charge < -0.3 is 18.9 Å². The molecular formula is C19H25NO5. The van der Waals surface area contributed by atoms with Gasteiger partial charge in [0.1, 0.15) is 11.5 Å². The number of nitrogens with zero attached hydrogens (tertiary/aromatic N) is 1. The van der Waals surface area contributed by atoms with Gasteiger partial charge in [-0.25, -0.2) is 4.79 Å². The van der Waals surface area contributed by atoms with Crippen LogP contribution in [0.5, 0.6) is 11.5 Å². The fourth-order valence-corrected chi connectivity index (χ4v) is 2.35. The van der Waals surface area contributed by atoms with Crippen molar-refractivity contribution in [2.75, 3.05) is 19.8 Å². The van der Waals surface area contributed by atoms with Crippen molar-refractivity contribution in [3.8, 4) is 17.6 Å². The molecule has 2 rings (SSSR count). The van der Waals surface area contributed by atoms with Gasteiger partial charge in [-0.05, 0) is 43.5 Å². The molecule has 0 unspecified atom stereocenters. The summed E-state index contributed by atoms with van der Waals surface area (Å²) in [5.74, 6) is 0.405. The van der Waals surface area contributed by atoms with Gasteiger partial charge in [0, 0.05) is 0 Å². The van der Waals surface area contributed by atoms with Crippen LogP contribution in [0.15, 0.2) is 24.3 Å². The average Bonchev–Trinajstić information content (AvgIpc) is 2.66. The van der Waals surface area contributed by atoms with Crippen molar-refractivity contribution in [1.29, 1.82) is 5.26 Å². The van der Waals surface area contributed by atoms with Gasteiger partial charge in [-0.1, -0.05) is 20.3 Å². The third-order valence-corrected chi connectivity index (χ3v) is 3.94. The average molecular weight is 347 g/mol. The van der Waals surface area contributed by atoms with E-state index in [2.05, 4.69) is 6.92 Å². The largest absolute Gasteiger partial charge is 0.494 e. The Morgan fingerprint density at radius 3 is 2.40 bits per heavy atom. The Morgan fingerprint density at radius 1 is 1.20 bits per heavy atom. The molecule has 25 heavy (non-hydrogen) atoms. The van der Waals surface area contributed by atoms with Crippen molar-refractivity contribution >= 4 is 5.97 Å². The second-order valence-corrected chi connectivity index (χ2v) is 6.10. The Kier molecular flexibility index (Phi) is 7.23. The lowest BCUT2D eigenvalue weighted by atomic mass is 9.91. The predicted molar refractivity (Wildman–Crippen MR) is 91.1 cm³/mol. The number of benzene rings is 1. The van der Waals surface area contributed by atoms with Crippen molar-refractivity contribution in [3.05, 3.63) is 24.3 Å². The summed E-state index contributed by atoms with van der Waals surface area (Å²) in [6.07, 6.45) is 3.32. The number of hydrogen-bond acceptors (Lipinski definition) is 6. The van der Waals surface area contributed by atoms with E-state index in [1.54, 1.807) is 24.3 Å². The molecular weight excluding hydrogens is 322 g/mol. The molecule has 136 valence electrons. The zero-order chi connectivity index (χ0) is 18.1. The first-order valence-corrected chi connectivity index (χ1v) is 8.73. The number of carbonyl (C=O) groups excluding carboxylic acids is 1. The van der Waals surface area contributed by atoms with E-state index in [1.807, 2.05) is 13.0 Å². The molecule has 0 aromatic heterocycles. The van der Waals surface area contributed by atoms with Gasteiger partial charge in [0.25, 0.3) is 0 Å². The number of rotatable bonds is 8. The third-order valence-electron chi connectivity index (χ3n) is 3.94. The molecule has 1 aliphatic heterocycles. The first-order valence-electron chi connectivity index (χ1n) is 8.73. The van der Waals surface area contributed by atoms with Crippen LogP contribution in [0.4, 0.5) is 0 Å². The van der Waals surface area contributed by atoms with Gasteiger partial charge in [0.2, 0.25) is 5.41 Å². The van der Waals surface area contributed by atoms with Crippen molar-refractivity contribution in [2.24, 2.45) is 5.41 Å². The zero-order valence-electron chi connectivity index (χ0n) is 14.8. The van der Waals surface area contributed by atoms with Gasteiger partial charge >= 0.3 is 5.97 Å². The van der Waals surface area contributed by atoms with E-state index in [1.165, 1.54) is 0 Å². The minimum Gasteiger partial charge on any atom is -0.494 e. The van der Waals surface area contributed by atoms with E-state index in [0.717, 1.165) is 25.7 Å². The summed E-state index contributed by atoms with van der Waals surface area (Å²) in [5, 5.41) is 9.46. The highest BCUT2D eigenvalue weighted by atomic mass is 16.7. The standard InChI is InChI=1S/C19H25NO5/c1-3-5-6-17-23-13-19(12-20,14-24-17)18(21)25-16-9-7-15(8-10-16)22-11-4-2/h7-10,17H,3-6,11,13-14H2,1-2H3/t17-,19+. The second-order valence-electron chi connectivity index (χ2n) is 6.10. The maximum Gasteiger partial charge on any atom is 0.336 e. The molecule has 0 N–H and O–H groups in total. The minimum atomic E-state index is -1.43. The summed E-state index contributed by atoms with van der Waals surface area (Å²) in [6, 6.07) is 8.74. The normalized spacial score (nSPS) is 22.8. The first-order chi connectivity index (χ1) is 12.1. The van der Waals surface area contributed by atoms with Crippen molar-refractivity contribution < 1.29 is 23.7 Å². The van der Waals surface area contributed by atoms with Crippen LogP contribution in [-0.2, 0) is 14.3 Å². The first kappa shape index (κ1) is 19.2. The monoisotopic (exact) mass is 347 g/mol. The lowest BCUT2D eigenvalue weighted by molar-refractivity contribution is -0.223. The summed E-state index contributed by atoms with van der Waals surface area (Å²) in [5.41, 5.74) is -1.43. The molecule has 1 aromatic carbocycles. The van der Waals surface area contributed by atoms with E-state index in [4.69, 9.17) is 18.9 Å². The van der Waals surface area contributed by atoms with Crippen LogP contribution < -0.4 is 9.47 Å². The van der Waals surface area contributed by atoms with E-state index < -0.39 is 11.4 Å². The molecule has 0 atom stereocenters. The number of esters is 1. The molecule has 0 radical (unpaired) electrons. The van der Waals surface area contributed by atoms with Crippen LogP contribution in [-0.4, -0.2) is 32.1 Å². The van der Waals surface area contributed by atoms with Gasteiger partial charge in [-0.15, -0.1) is 0 Å². The maximum absolute atomic E-state index is 12.5. The van der Waals surface area contributed by atoms with Crippen molar-refractivity contribution in [1.82, 2.24) is 0 Å². The molecule has 0 bridgehead atoms. The topological polar surface area (TPSA) is 77.8 Å². The molecule has 0 aliphatic carbocycles. The van der Waals surface area contributed by atoms with Crippen LogP contribution in [0, 0.1) is 16.7 Å². The highest BCUT2D eigenvalue weighted by Crippen LogP contribution is 2.29. The molecule has 6 nitrogen and oxygen atoms in total. The molecule has 1 aliphatic rings. The van der Waals surface area contributed by atoms with E-state index in [-0.39, 0.29) is 19.5 Å². The Labute approximate surface area is 148 Å². The van der Waals surface area contributed by atoms with Gasteiger partial charge in [0.15, 0.2) is 6.29 Å². The maximum atomic E-state index is 12.5. The van der Waals surface area contributed by atoms with Gasteiger partial charge in [-0.2, -0.15) is 5.26 Å². The number of unbranched alkanes of at least 4 members (excludes halogenated alkanes) is 1. The second kappa shape index (κ2) is 9.40. The summed E-state index contributed by atoms with van der Waals surface area (Å²) in [4.78, 5) is 12.5. The summed E-state index contributed by atoms with van der Waals surface area (Å²) >= 11 is 0. The molecule has 1 aromatic rings. The summed E-state index contributed by atoms with van der Waals surface area (Å²) in [7, 11) is 0. The molecule has 1 fully saturated rings. The molecule has 0 spiro atoms. The number of nitriles is 1. The quantitative estimate of drug-likeness (QED) is 0.529. The fourth-order valence-electron chi connectivity index (χ4n) is 2.35. The lowest BCUT2D eigenvalue weighted by Crippen LogP contribution is -2.48. The zero-order valence-corrected chi connectivity index (χ0v) is 14.8. The van der Waals surface area contributed by atoms with Crippen molar-refractivity contribution in [3.63, 3.8) is 0 Å². The predicted octanol–water partition coefficient (Wildman–Crippen LogP) is 3.45.